The molecule has 41 heavy (non-hydrogen) atoms. The van der Waals surface area contributed by atoms with E-state index in [0.717, 1.165) is 41.4 Å². The van der Waals surface area contributed by atoms with Gasteiger partial charge in [0, 0.05) is 24.0 Å². The van der Waals surface area contributed by atoms with Gasteiger partial charge in [-0.3, -0.25) is 19.2 Å². The standard InChI is InChI=1S/C30H34N6O3S2/c1-4-39-28(38)26-21(3)32-29(41-26)35(18-22-12-6-5-7-13-22)25(37)19-40-30-34-33-27(23-14-10-16-31-17-23)36(30)24-15-9-8-11-20(24)2/h5-7,10,12-14,16-17,20,24H,4,8-9,11,15,18-19H2,1-3H3/t20-,24+/m0/s1. The maximum atomic E-state index is 13.9. The number of carbonyl (C=O) groups is 2. The molecule has 5 rings (SSSR count). The number of aromatic nitrogens is 5. The third kappa shape index (κ3) is 6.68. The highest BCUT2D eigenvalue weighted by atomic mass is 32.2. The quantitative estimate of drug-likeness (QED) is 0.155. The average molecular weight is 591 g/mol. The molecule has 1 fully saturated rings. The number of thiazole rings is 1. The molecule has 11 heteroatoms. The van der Waals surface area contributed by atoms with Gasteiger partial charge >= 0.3 is 5.97 Å². The number of hydrogen-bond donors (Lipinski definition) is 0. The van der Waals surface area contributed by atoms with Crippen molar-refractivity contribution in [3.8, 4) is 11.4 Å². The maximum absolute atomic E-state index is 13.9. The van der Waals surface area contributed by atoms with E-state index >= 15 is 0 Å². The predicted octanol–water partition coefficient (Wildman–Crippen LogP) is 6.36. The molecular weight excluding hydrogens is 557 g/mol. The van der Waals surface area contributed by atoms with Crippen LogP contribution in [0.3, 0.4) is 0 Å². The number of benzene rings is 1. The molecule has 0 bridgehead atoms. The molecule has 0 saturated heterocycles. The molecule has 2 atom stereocenters. The first kappa shape index (κ1) is 28.9. The van der Waals surface area contributed by atoms with Crippen molar-refractivity contribution in [1.82, 2.24) is 24.7 Å². The Morgan fingerprint density at radius 3 is 2.66 bits per heavy atom. The number of aryl methyl sites for hydroxylation is 1. The van der Waals surface area contributed by atoms with Crippen LogP contribution in [0.15, 0.2) is 60.0 Å². The van der Waals surface area contributed by atoms with E-state index in [9.17, 15) is 9.59 Å². The van der Waals surface area contributed by atoms with Gasteiger partial charge in [0.1, 0.15) is 4.88 Å². The summed E-state index contributed by atoms with van der Waals surface area (Å²) in [6, 6.07) is 13.9. The summed E-state index contributed by atoms with van der Waals surface area (Å²) in [6.07, 6.45) is 8.12. The maximum Gasteiger partial charge on any atom is 0.350 e. The minimum atomic E-state index is -0.423. The van der Waals surface area contributed by atoms with Crippen molar-refractivity contribution in [2.45, 2.75) is 64.2 Å². The third-order valence-corrected chi connectivity index (χ3v) is 9.36. The molecule has 0 radical (unpaired) electrons. The molecular formula is C30H34N6O3S2. The Labute approximate surface area is 248 Å². The second kappa shape index (κ2) is 13.4. The van der Waals surface area contributed by atoms with Gasteiger partial charge < -0.3 is 4.74 Å². The van der Waals surface area contributed by atoms with Crippen molar-refractivity contribution < 1.29 is 14.3 Å². The first-order valence-electron chi connectivity index (χ1n) is 13.9. The van der Waals surface area contributed by atoms with Gasteiger partial charge in [0.2, 0.25) is 5.91 Å². The second-order valence-electron chi connectivity index (χ2n) is 10.1. The molecule has 3 heterocycles. The van der Waals surface area contributed by atoms with Gasteiger partial charge in [0.05, 0.1) is 24.6 Å². The van der Waals surface area contributed by atoms with Crippen LogP contribution in [0.2, 0.25) is 0 Å². The van der Waals surface area contributed by atoms with Crippen LogP contribution in [0.25, 0.3) is 11.4 Å². The van der Waals surface area contributed by atoms with E-state index in [1.807, 2.05) is 42.5 Å². The summed E-state index contributed by atoms with van der Waals surface area (Å²) in [5.41, 5.74) is 2.43. The van der Waals surface area contributed by atoms with Gasteiger partial charge in [-0.15, -0.1) is 10.2 Å². The molecule has 1 aromatic carbocycles. The number of esters is 1. The molecule has 1 aliphatic carbocycles. The Hall–Kier alpha value is -3.57. The Kier molecular flexibility index (Phi) is 9.45. The second-order valence-corrected chi connectivity index (χ2v) is 12.1. The lowest BCUT2D eigenvalue weighted by atomic mass is 9.85. The van der Waals surface area contributed by atoms with Crippen LogP contribution in [0.5, 0.6) is 0 Å². The fourth-order valence-corrected chi connectivity index (χ4v) is 7.01. The lowest BCUT2D eigenvalue weighted by Gasteiger charge is -2.31. The topological polar surface area (TPSA) is 103 Å². The van der Waals surface area contributed by atoms with Gasteiger partial charge in [-0.1, -0.05) is 73.2 Å². The molecule has 1 saturated carbocycles. The molecule has 0 aliphatic heterocycles. The van der Waals surface area contributed by atoms with E-state index in [-0.39, 0.29) is 24.3 Å². The van der Waals surface area contributed by atoms with Crippen molar-refractivity contribution in [1.29, 1.82) is 0 Å². The van der Waals surface area contributed by atoms with E-state index < -0.39 is 5.97 Å². The van der Waals surface area contributed by atoms with Gasteiger partial charge in [0.25, 0.3) is 0 Å². The monoisotopic (exact) mass is 590 g/mol. The van der Waals surface area contributed by atoms with Crippen LogP contribution in [0.4, 0.5) is 5.13 Å². The molecule has 214 valence electrons. The fraction of sp³-hybridized carbons (Fsp3) is 0.400. The number of rotatable bonds is 10. The molecule has 9 nitrogen and oxygen atoms in total. The molecule has 0 spiro atoms. The molecule has 0 N–H and O–H groups in total. The highest BCUT2D eigenvalue weighted by Gasteiger charge is 2.30. The molecule has 0 unspecified atom stereocenters. The third-order valence-electron chi connectivity index (χ3n) is 7.27. The van der Waals surface area contributed by atoms with E-state index in [0.29, 0.717) is 28.2 Å². The lowest BCUT2D eigenvalue weighted by Crippen LogP contribution is -2.32. The van der Waals surface area contributed by atoms with Crippen molar-refractivity contribution in [3.05, 3.63) is 71.0 Å². The normalized spacial score (nSPS) is 16.9. The summed E-state index contributed by atoms with van der Waals surface area (Å²) < 4.78 is 7.42. The first-order chi connectivity index (χ1) is 20.0. The zero-order valence-corrected chi connectivity index (χ0v) is 25.2. The first-order valence-corrected chi connectivity index (χ1v) is 15.7. The summed E-state index contributed by atoms with van der Waals surface area (Å²) in [4.78, 5) is 37.3. The van der Waals surface area contributed by atoms with Crippen LogP contribution < -0.4 is 4.90 Å². The number of carbonyl (C=O) groups excluding carboxylic acids is 2. The molecule has 1 amide bonds. The summed E-state index contributed by atoms with van der Waals surface area (Å²) in [5, 5.41) is 10.3. The molecule has 4 aromatic rings. The fourth-order valence-electron chi connectivity index (χ4n) is 5.16. The van der Waals surface area contributed by atoms with Crippen molar-refractivity contribution in [2.75, 3.05) is 17.3 Å². The average Bonchev–Trinajstić information content (AvgIpc) is 3.59. The summed E-state index contributed by atoms with van der Waals surface area (Å²) >= 11 is 2.57. The van der Waals surface area contributed by atoms with Crippen LogP contribution >= 0.6 is 23.1 Å². The minimum absolute atomic E-state index is 0.128. The Bertz CT molecular complexity index is 1470. The van der Waals surface area contributed by atoms with Crippen molar-refractivity contribution >= 4 is 40.1 Å². The highest BCUT2D eigenvalue weighted by Crippen LogP contribution is 2.39. The molecule has 1 aliphatic rings. The zero-order valence-electron chi connectivity index (χ0n) is 23.5. The van der Waals surface area contributed by atoms with E-state index in [1.165, 1.54) is 29.5 Å². The summed E-state index contributed by atoms with van der Waals surface area (Å²) in [6.45, 7) is 6.42. The van der Waals surface area contributed by atoms with Gasteiger partial charge in [-0.25, -0.2) is 9.78 Å². The van der Waals surface area contributed by atoms with Crippen LogP contribution in [-0.4, -0.2) is 49.0 Å². The Balaban J connectivity index is 1.43. The Morgan fingerprint density at radius 2 is 1.93 bits per heavy atom. The van der Waals surface area contributed by atoms with E-state index in [1.54, 1.807) is 31.1 Å². The number of thioether (sulfide) groups is 1. The van der Waals surface area contributed by atoms with Crippen molar-refractivity contribution in [3.63, 3.8) is 0 Å². The van der Waals surface area contributed by atoms with Crippen LogP contribution in [-0.2, 0) is 16.1 Å². The number of pyridine rings is 1. The van der Waals surface area contributed by atoms with Crippen LogP contribution in [0, 0.1) is 12.8 Å². The smallest absolute Gasteiger partial charge is 0.350 e. The van der Waals surface area contributed by atoms with Crippen LogP contribution in [0.1, 0.15) is 66.5 Å². The van der Waals surface area contributed by atoms with Gasteiger partial charge in [-0.05, 0) is 50.3 Å². The van der Waals surface area contributed by atoms with Gasteiger partial charge in [0.15, 0.2) is 16.1 Å². The minimum Gasteiger partial charge on any atom is -0.462 e. The zero-order chi connectivity index (χ0) is 28.8. The summed E-state index contributed by atoms with van der Waals surface area (Å²) in [5.74, 6) is 0.846. The number of nitrogens with zero attached hydrogens (tertiary/aromatic N) is 6. The number of ether oxygens (including phenoxy) is 1. The number of amides is 1. The van der Waals surface area contributed by atoms with Crippen molar-refractivity contribution in [2.24, 2.45) is 5.92 Å². The SMILES string of the molecule is CCOC(=O)c1sc(N(Cc2ccccc2)C(=O)CSc2nnc(-c3cccnc3)n2[C@@H]2CCCC[C@@H]2C)nc1C. The number of anilines is 1. The molecule has 3 aromatic heterocycles. The summed E-state index contributed by atoms with van der Waals surface area (Å²) in [7, 11) is 0. The van der Waals surface area contributed by atoms with E-state index in [4.69, 9.17) is 4.74 Å². The van der Waals surface area contributed by atoms with Gasteiger partial charge in [-0.2, -0.15) is 0 Å². The Morgan fingerprint density at radius 1 is 1.12 bits per heavy atom. The highest BCUT2D eigenvalue weighted by molar-refractivity contribution is 7.99. The van der Waals surface area contributed by atoms with E-state index in [2.05, 4.69) is 31.7 Å². The number of hydrogen-bond acceptors (Lipinski definition) is 9. The largest absolute Gasteiger partial charge is 0.462 e. The lowest BCUT2D eigenvalue weighted by molar-refractivity contribution is -0.116. The predicted molar refractivity (Wildman–Crippen MR) is 161 cm³/mol.